The van der Waals surface area contributed by atoms with E-state index in [2.05, 4.69) is 5.32 Å². The van der Waals surface area contributed by atoms with Gasteiger partial charge in [0.1, 0.15) is 0 Å². The molecular formula is C15H18F3NO. The van der Waals surface area contributed by atoms with Gasteiger partial charge in [-0.05, 0) is 50.4 Å². The Hall–Kier alpha value is -1.36. The molecule has 2 rings (SSSR count). The first-order valence-electron chi connectivity index (χ1n) is 6.88. The van der Waals surface area contributed by atoms with Gasteiger partial charge in [-0.2, -0.15) is 13.2 Å². The van der Waals surface area contributed by atoms with Crippen LogP contribution in [-0.2, 0) is 6.18 Å². The van der Waals surface area contributed by atoms with E-state index in [4.69, 9.17) is 0 Å². The van der Waals surface area contributed by atoms with Gasteiger partial charge in [0.25, 0.3) is 0 Å². The lowest BCUT2D eigenvalue weighted by molar-refractivity contribution is -0.137. The fourth-order valence-corrected chi connectivity index (χ4v) is 2.50. The van der Waals surface area contributed by atoms with Gasteiger partial charge in [-0.1, -0.05) is 12.1 Å². The van der Waals surface area contributed by atoms with Crippen LogP contribution in [0.2, 0.25) is 0 Å². The van der Waals surface area contributed by atoms with Gasteiger partial charge in [0.15, 0.2) is 5.78 Å². The van der Waals surface area contributed by atoms with E-state index in [9.17, 15) is 18.0 Å². The van der Waals surface area contributed by atoms with Crippen LogP contribution < -0.4 is 5.32 Å². The maximum Gasteiger partial charge on any atom is 0.416 e. The third-order valence-electron chi connectivity index (χ3n) is 3.77. The fourth-order valence-electron chi connectivity index (χ4n) is 2.50. The number of Topliss-reactive ketones (excluding diaryl/α,β-unsaturated/α-hetero) is 1. The van der Waals surface area contributed by atoms with E-state index in [1.54, 1.807) is 0 Å². The van der Waals surface area contributed by atoms with Gasteiger partial charge >= 0.3 is 6.18 Å². The Morgan fingerprint density at radius 1 is 1.15 bits per heavy atom. The van der Waals surface area contributed by atoms with E-state index in [1.165, 1.54) is 12.1 Å². The molecule has 0 amide bonds. The average Bonchev–Trinajstić information content (AvgIpc) is 2.45. The molecule has 0 atom stereocenters. The predicted octanol–water partition coefficient (Wildman–Crippen LogP) is 3.67. The van der Waals surface area contributed by atoms with E-state index in [1.807, 2.05) is 0 Å². The molecule has 1 fully saturated rings. The molecule has 1 saturated heterocycles. The van der Waals surface area contributed by atoms with Gasteiger partial charge in [-0.25, -0.2) is 0 Å². The normalized spacial score (nSPS) is 17.1. The fraction of sp³-hybridized carbons (Fsp3) is 0.533. The molecule has 110 valence electrons. The number of rotatable bonds is 4. The molecule has 1 N–H and O–H groups in total. The highest BCUT2D eigenvalue weighted by molar-refractivity contribution is 5.96. The Labute approximate surface area is 116 Å². The molecular weight excluding hydrogens is 267 g/mol. The SMILES string of the molecule is O=C(CCC1CCNCC1)c1ccc(C(F)(F)F)cc1. The molecule has 1 heterocycles. The molecule has 0 radical (unpaired) electrons. The van der Waals surface area contributed by atoms with E-state index in [-0.39, 0.29) is 5.78 Å². The summed E-state index contributed by atoms with van der Waals surface area (Å²) in [5.74, 6) is 0.479. The standard InChI is InChI=1S/C15H18F3NO/c16-15(17,18)13-4-2-12(3-5-13)14(20)6-1-11-7-9-19-10-8-11/h2-5,11,19H,1,6-10H2. The van der Waals surface area contributed by atoms with Crippen molar-refractivity contribution in [2.24, 2.45) is 5.92 Å². The van der Waals surface area contributed by atoms with Crippen molar-refractivity contribution in [1.82, 2.24) is 5.32 Å². The topological polar surface area (TPSA) is 29.1 Å². The van der Waals surface area contributed by atoms with Gasteiger partial charge in [0.2, 0.25) is 0 Å². The van der Waals surface area contributed by atoms with Crippen LogP contribution >= 0.6 is 0 Å². The molecule has 20 heavy (non-hydrogen) atoms. The van der Waals surface area contributed by atoms with E-state index >= 15 is 0 Å². The van der Waals surface area contributed by atoms with E-state index < -0.39 is 11.7 Å². The highest BCUT2D eigenvalue weighted by Crippen LogP contribution is 2.29. The first kappa shape index (κ1) is 15.0. The van der Waals surface area contributed by atoms with Crippen LogP contribution in [0.15, 0.2) is 24.3 Å². The second-order valence-electron chi connectivity index (χ2n) is 5.23. The summed E-state index contributed by atoms with van der Waals surface area (Å²) >= 11 is 0. The first-order valence-corrected chi connectivity index (χ1v) is 6.88. The average molecular weight is 285 g/mol. The van der Waals surface area contributed by atoms with Crippen molar-refractivity contribution in [3.05, 3.63) is 35.4 Å². The number of carbonyl (C=O) groups is 1. The Kier molecular flexibility index (Phi) is 4.81. The number of hydrogen-bond acceptors (Lipinski definition) is 2. The van der Waals surface area contributed by atoms with Gasteiger partial charge in [-0.15, -0.1) is 0 Å². The quantitative estimate of drug-likeness (QED) is 0.855. The highest BCUT2D eigenvalue weighted by Gasteiger charge is 2.30. The molecule has 1 aliphatic rings. The zero-order valence-electron chi connectivity index (χ0n) is 11.2. The van der Waals surface area contributed by atoms with Gasteiger partial charge in [0.05, 0.1) is 5.56 Å². The second kappa shape index (κ2) is 6.39. The predicted molar refractivity (Wildman–Crippen MR) is 70.6 cm³/mol. The van der Waals surface area contributed by atoms with Crippen LogP contribution in [0.1, 0.15) is 41.6 Å². The maximum atomic E-state index is 12.4. The largest absolute Gasteiger partial charge is 0.416 e. The second-order valence-corrected chi connectivity index (χ2v) is 5.23. The van der Waals surface area contributed by atoms with Crippen LogP contribution in [0.3, 0.4) is 0 Å². The molecule has 1 aromatic carbocycles. The minimum Gasteiger partial charge on any atom is -0.317 e. The summed E-state index contributed by atoms with van der Waals surface area (Å²) in [6, 6.07) is 4.48. The summed E-state index contributed by atoms with van der Waals surface area (Å²) in [7, 11) is 0. The van der Waals surface area contributed by atoms with Crippen molar-refractivity contribution >= 4 is 5.78 Å². The van der Waals surface area contributed by atoms with Gasteiger partial charge < -0.3 is 5.32 Å². The first-order chi connectivity index (χ1) is 9.47. The number of carbonyl (C=O) groups excluding carboxylic acids is 1. The van der Waals surface area contributed by atoms with Crippen LogP contribution in [0.25, 0.3) is 0 Å². The zero-order chi connectivity index (χ0) is 14.6. The Bertz CT molecular complexity index is 447. The molecule has 0 aromatic heterocycles. The smallest absolute Gasteiger partial charge is 0.317 e. The third kappa shape index (κ3) is 4.07. The van der Waals surface area contributed by atoms with Crippen molar-refractivity contribution in [2.45, 2.75) is 31.9 Å². The van der Waals surface area contributed by atoms with Gasteiger partial charge in [-0.3, -0.25) is 4.79 Å². The summed E-state index contributed by atoms with van der Waals surface area (Å²) in [5.41, 5.74) is -0.348. The highest BCUT2D eigenvalue weighted by atomic mass is 19.4. The van der Waals surface area contributed by atoms with Crippen molar-refractivity contribution in [2.75, 3.05) is 13.1 Å². The lowest BCUT2D eigenvalue weighted by Gasteiger charge is -2.22. The summed E-state index contributed by atoms with van der Waals surface area (Å²) in [6.45, 7) is 1.97. The Morgan fingerprint density at radius 3 is 2.30 bits per heavy atom. The van der Waals surface area contributed by atoms with Gasteiger partial charge in [0, 0.05) is 12.0 Å². The summed E-state index contributed by atoms with van der Waals surface area (Å²) in [6.07, 6.45) is -0.977. The van der Waals surface area contributed by atoms with Crippen molar-refractivity contribution in [3.63, 3.8) is 0 Å². The molecule has 2 nitrogen and oxygen atoms in total. The summed E-state index contributed by atoms with van der Waals surface area (Å²) < 4.78 is 37.3. The number of benzene rings is 1. The van der Waals surface area contributed by atoms with Crippen molar-refractivity contribution in [1.29, 1.82) is 0 Å². The summed E-state index contributed by atoms with van der Waals surface area (Å²) in [4.78, 5) is 12.0. The van der Waals surface area contributed by atoms with Crippen LogP contribution in [0.5, 0.6) is 0 Å². The monoisotopic (exact) mass is 285 g/mol. The number of ketones is 1. The molecule has 0 saturated carbocycles. The Morgan fingerprint density at radius 2 is 1.75 bits per heavy atom. The van der Waals surface area contributed by atoms with Crippen LogP contribution in [0, 0.1) is 5.92 Å². The molecule has 5 heteroatoms. The Balaban J connectivity index is 1.89. The van der Waals surface area contributed by atoms with E-state index in [0.717, 1.165) is 44.5 Å². The zero-order valence-corrected chi connectivity index (χ0v) is 11.2. The molecule has 1 aliphatic heterocycles. The third-order valence-corrected chi connectivity index (χ3v) is 3.77. The molecule has 0 unspecified atom stereocenters. The van der Waals surface area contributed by atoms with E-state index in [0.29, 0.717) is 17.9 Å². The number of halogens is 3. The molecule has 0 bridgehead atoms. The number of alkyl halides is 3. The number of hydrogen-bond donors (Lipinski definition) is 1. The molecule has 1 aromatic rings. The number of piperidine rings is 1. The molecule has 0 spiro atoms. The molecule has 0 aliphatic carbocycles. The van der Waals surface area contributed by atoms with Crippen molar-refractivity contribution in [3.8, 4) is 0 Å². The summed E-state index contributed by atoms with van der Waals surface area (Å²) in [5, 5.41) is 3.26. The van der Waals surface area contributed by atoms with Crippen molar-refractivity contribution < 1.29 is 18.0 Å². The minimum absolute atomic E-state index is 0.0720. The lowest BCUT2D eigenvalue weighted by Crippen LogP contribution is -2.28. The van der Waals surface area contributed by atoms with Crippen LogP contribution in [-0.4, -0.2) is 18.9 Å². The lowest BCUT2D eigenvalue weighted by atomic mass is 9.91. The minimum atomic E-state index is -4.35. The van der Waals surface area contributed by atoms with Crippen LogP contribution in [0.4, 0.5) is 13.2 Å². The maximum absolute atomic E-state index is 12.4. The number of nitrogens with one attached hydrogen (secondary N) is 1.